The van der Waals surface area contributed by atoms with E-state index in [4.69, 9.17) is 16.0 Å². The minimum absolute atomic E-state index is 0.120. The molecular formula is C23H20ClN5O2S. The normalized spacial score (nSPS) is 11.5. The van der Waals surface area contributed by atoms with Crippen LogP contribution in [0.3, 0.4) is 0 Å². The number of amides is 1. The van der Waals surface area contributed by atoms with Gasteiger partial charge in [0.1, 0.15) is 11.5 Å². The van der Waals surface area contributed by atoms with Gasteiger partial charge < -0.3 is 4.42 Å². The molecule has 0 aliphatic rings. The summed E-state index contributed by atoms with van der Waals surface area (Å²) in [7, 11) is 0. The molecule has 0 radical (unpaired) electrons. The Hall–Kier alpha value is -3.36. The van der Waals surface area contributed by atoms with Gasteiger partial charge in [-0.2, -0.15) is 5.10 Å². The number of benzene rings is 2. The molecule has 0 atom stereocenters. The minimum atomic E-state index is -0.261. The van der Waals surface area contributed by atoms with Crippen molar-refractivity contribution in [2.45, 2.75) is 19.0 Å². The fraction of sp³-hybridized carbons (Fsp3) is 0.130. The molecule has 0 saturated carbocycles. The number of thioether (sulfide) groups is 1. The molecule has 4 aromatic rings. The second kappa shape index (κ2) is 9.84. The number of hydrazone groups is 1. The van der Waals surface area contributed by atoms with Crippen LogP contribution in [0.5, 0.6) is 0 Å². The van der Waals surface area contributed by atoms with E-state index in [0.717, 1.165) is 16.8 Å². The van der Waals surface area contributed by atoms with E-state index in [9.17, 15) is 4.79 Å². The summed E-state index contributed by atoms with van der Waals surface area (Å²) in [6.07, 6.45) is 1.56. The van der Waals surface area contributed by atoms with E-state index in [0.29, 0.717) is 27.5 Å². The predicted molar refractivity (Wildman–Crippen MR) is 126 cm³/mol. The van der Waals surface area contributed by atoms with Gasteiger partial charge in [-0.1, -0.05) is 53.2 Å². The Morgan fingerprint density at radius 2 is 1.88 bits per heavy atom. The van der Waals surface area contributed by atoms with Crippen molar-refractivity contribution in [3.8, 4) is 17.1 Å². The summed E-state index contributed by atoms with van der Waals surface area (Å²) in [6, 6.07) is 19.0. The fourth-order valence-electron chi connectivity index (χ4n) is 2.92. The zero-order valence-electron chi connectivity index (χ0n) is 17.4. The molecule has 4 rings (SSSR count). The molecule has 0 saturated heterocycles. The highest BCUT2D eigenvalue weighted by Crippen LogP contribution is 2.28. The van der Waals surface area contributed by atoms with Crippen LogP contribution in [-0.2, 0) is 4.79 Å². The van der Waals surface area contributed by atoms with Crippen molar-refractivity contribution >= 4 is 35.0 Å². The number of nitrogens with one attached hydrogen (secondary N) is 1. The quantitative estimate of drug-likeness (QED) is 0.232. The Morgan fingerprint density at radius 1 is 1.12 bits per heavy atom. The molecule has 0 fully saturated rings. The largest absolute Gasteiger partial charge is 0.463 e. The smallest absolute Gasteiger partial charge is 0.250 e. The molecule has 162 valence electrons. The summed E-state index contributed by atoms with van der Waals surface area (Å²) >= 11 is 7.34. The number of furan rings is 1. The molecule has 9 heteroatoms. The Balaban J connectivity index is 1.55. The third-order valence-electron chi connectivity index (χ3n) is 4.59. The molecule has 0 aliphatic carbocycles. The van der Waals surface area contributed by atoms with E-state index in [1.165, 1.54) is 11.8 Å². The molecule has 2 heterocycles. The highest BCUT2D eigenvalue weighted by molar-refractivity contribution is 7.99. The van der Waals surface area contributed by atoms with Gasteiger partial charge in [-0.05, 0) is 50.2 Å². The molecule has 0 bridgehead atoms. The highest BCUT2D eigenvalue weighted by Gasteiger charge is 2.17. The summed E-state index contributed by atoms with van der Waals surface area (Å²) in [4.78, 5) is 12.4. The second-order valence-corrected chi connectivity index (χ2v) is 8.36. The van der Waals surface area contributed by atoms with Crippen LogP contribution in [0.2, 0.25) is 5.02 Å². The van der Waals surface area contributed by atoms with Crippen LogP contribution in [-0.4, -0.2) is 32.1 Å². The molecule has 2 aromatic heterocycles. The summed E-state index contributed by atoms with van der Waals surface area (Å²) in [5, 5.41) is 14.0. The lowest BCUT2D eigenvalue weighted by Crippen LogP contribution is -2.21. The van der Waals surface area contributed by atoms with Gasteiger partial charge in [0.15, 0.2) is 11.0 Å². The zero-order valence-corrected chi connectivity index (χ0v) is 19.0. The highest BCUT2D eigenvalue weighted by atomic mass is 35.5. The van der Waals surface area contributed by atoms with Crippen molar-refractivity contribution in [2.24, 2.45) is 5.10 Å². The number of hydrogen-bond acceptors (Lipinski definition) is 6. The van der Waals surface area contributed by atoms with Crippen LogP contribution in [0.25, 0.3) is 17.1 Å². The number of rotatable bonds is 7. The summed E-state index contributed by atoms with van der Waals surface area (Å²) in [5.74, 6) is 1.14. The first kappa shape index (κ1) is 21.9. The SMILES string of the molecule is CC(=NNC(=O)CSc1nnc(-c2ccc(C)cc2)n1-c1ccc(Cl)cc1)c1ccco1. The van der Waals surface area contributed by atoms with Crippen LogP contribution in [0.1, 0.15) is 18.2 Å². The number of aromatic nitrogens is 3. The number of aryl methyl sites for hydroxylation is 1. The first-order valence-corrected chi connectivity index (χ1v) is 11.2. The Kier molecular flexibility index (Phi) is 6.72. The maximum atomic E-state index is 12.4. The molecule has 0 unspecified atom stereocenters. The van der Waals surface area contributed by atoms with E-state index >= 15 is 0 Å². The number of halogens is 1. The van der Waals surface area contributed by atoms with Gasteiger partial charge in [0.25, 0.3) is 5.91 Å². The van der Waals surface area contributed by atoms with Crippen molar-refractivity contribution in [3.05, 3.63) is 83.3 Å². The van der Waals surface area contributed by atoms with Crippen molar-refractivity contribution in [3.63, 3.8) is 0 Å². The maximum Gasteiger partial charge on any atom is 0.250 e. The van der Waals surface area contributed by atoms with E-state index in [1.807, 2.05) is 60.0 Å². The van der Waals surface area contributed by atoms with E-state index in [2.05, 4.69) is 20.7 Å². The molecule has 7 nitrogen and oxygen atoms in total. The molecular weight excluding hydrogens is 446 g/mol. The molecule has 1 amide bonds. The van der Waals surface area contributed by atoms with Gasteiger partial charge in [0.2, 0.25) is 0 Å². The van der Waals surface area contributed by atoms with E-state index in [1.54, 1.807) is 25.3 Å². The van der Waals surface area contributed by atoms with E-state index < -0.39 is 0 Å². The monoisotopic (exact) mass is 465 g/mol. The molecule has 32 heavy (non-hydrogen) atoms. The van der Waals surface area contributed by atoms with Crippen LogP contribution in [0, 0.1) is 6.92 Å². The average Bonchev–Trinajstić information content (AvgIpc) is 3.48. The number of carbonyl (C=O) groups excluding carboxylic acids is 1. The predicted octanol–water partition coefficient (Wildman–Crippen LogP) is 5.12. The van der Waals surface area contributed by atoms with Gasteiger partial charge in [0, 0.05) is 16.3 Å². The summed E-state index contributed by atoms with van der Waals surface area (Å²) in [5.41, 5.74) is 6.06. The lowest BCUT2D eigenvalue weighted by molar-refractivity contribution is -0.118. The van der Waals surface area contributed by atoms with Gasteiger partial charge >= 0.3 is 0 Å². The van der Waals surface area contributed by atoms with Gasteiger partial charge in [-0.3, -0.25) is 9.36 Å². The molecule has 0 spiro atoms. The number of nitrogens with zero attached hydrogens (tertiary/aromatic N) is 4. The Morgan fingerprint density at radius 3 is 2.56 bits per heavy atom. The summed E-state index contributed by atoms with van der Waals surface area (Å²) < 4.78 is 7.18. The van der Waals surface area contributed by atoms with Crippen molar-refractivity contribution in [2.75, 3.05) is 5.75 Å². The molecule has 0 aliphatic heterocycles. The van der Waals surface area contributed by atoms with Crippen LogP contribution in [0.4, 0.5) is 0 Å². The van der Waals surface area contributed by atoms with Crippen LogP contribution in [0.15, 0.2) is 81.6 Å². The van der Waals surface area contributed by atoms with Crippen LogP contribution >= 0.6 is 23.4 Å². The van der Waals surface area contributed by atoms with Gasteiger partial charge in [-0.25, -0.2) is 5.43 Å². The standard InChI is InChI=1S/C23H20ClN5O2S/c1-15-5-7-17(8-6-15)22-27-28-23(29(22)19-11-9-18(24)10-12-19)32-14-21(30)26-25-16(2)20-4-3-13-31-20/h3-13H,14H2,1-2H3,(H,26,30). The number of hydrogen-bond donors (Lipinski definition) is 1. The lowest BCUT2D eigenvalue weighted by Gasteiger charge is -2.10. The minimum Gasteiger partial charge on any atom is -0.463 e. The van der Waals surface area contributed by atoms with Gasteiger partial charge in [0.05, 0.1) is 12.0 Å². The second-order valence-electron chi connectivity index (χ2n) is 6.98. The van der Waals surface area contributed by atoms with Gasteiger partial charge in [-0.15, -0.1) is 10.2 Å². The Bertz CT molecular complexity index is 1230. The van der Waals surface area contributed by atoms with Crippen molar-refractivity contribution in [1.29, 1.82) is 0 Å². The maximum absolute atomic E-state index is 12.4. The number of carbonyl (C=O) groups is 1. The summed E-state index contributed by atoms with van der Waals surface area (Å²) in [6.45, 7) is 3.79. The topological polar surface area (TPSA) is 85.3 Å². The first-order chi connectivity index (χ1) is 15.5. The van der Waals surface area contributed by atoms with Crippen molar-refractivity contribution < 1.29 is 9.21 Å². The molecule has 1 N–H and O–H groups in total. The Labute approximate surface area is 194 Å². The van der Waals surface area contributed by atoms with Crippen LogP contribution < -0.4 is 5.43 Å². The first-order valence-electron chi connectivity index (χ1n) is 9.79. The lowest BCUT2D eigenvalue weighted by atomic mass is 10.1. The fourth-order valence-corrected chi connectivity index (χ4v) is 3.79. The third kappa shape index (κ3) is 5.09. The molecule has 2 aromatic carbocycles. The third-order valence-corrected chi connectivity index (χ3v) is 5.77. The average molecular weight is 466 g/mol. The zero-order chi connectivity index (χ0) is 22.5. The van der Waals surface area contributed by atoms with Crippen molar-refractivity contribution in [1.82, 2.24) is 20.2 Å². The van der Waals surface area contributed by atoms with E-state index in [-0.39, 0.29) is 11.7 Å².